The van der Waals surface area contributed by atoms with Crippen molar-refractivity contribution in [2.45, 2.75) is 26.3 Å². The van der Waals surface area contributed by atoms with Crippen molar-refractivity contribution in [2.75, 3.05) is 18.1 Å². The third-order valence-electron chi connectivity index (χ3n) is 3.00. The van der Waals surface area contributed by atoms with Crippen molar-refractivity contribution in [1.82, 2.24) is 5.32 Å². The lowest BCUT2D eigenvalue weighted by molar-refractivity contribution is 0.500. The number of nitrogens with one attached hydrogen (secondary N) is 1. The van der Waals surface area contributed by atoms with E-state index in [9.17, 15) is 0 Å². The molecule has 0 aliphatic carbocycles. The summed E-state index contributed by atoms with van der Waals surface area (Å²) in [5.41, 5.74) is 3.06. The highest BCUT2D eigenvalue weighted by Crippen LogP contribution is 2.27. The second-order valence-electron chi connectivity index (χ2n) is 4.88. The van der Waals surface area contributed by atoms with E-state index in [2.05, 4.69) is 55.2 Å². The Morgan fingerprint density at radius 3 is 3.00 bits per heavy atom. The van der Waals surface area contributed by atoms with E-state index in [4.69, 9.17) is 0 Å². The van der Waals surface area contributed by atoms with Gasteiger partial charge in [-0.3, -0.25) is 0 Å². The molecule has 1 heterocycles. The summed E-state index contributed by atoms with van der Waals surface area (Å²) in [5, 5.41) is 3.70. The lowest BCUT2D eigenvalue weighted by Crippen LogP contribution is -2.27. The van der Waals surface area contributed by atoms with Crippen LogP contribution in [0.3, 0.4) is 0 Å². The van der Waals surface area contributed by atoms with Gasteiger partial charge in [-0.1, -0.05) is 38.1 Å². The molecule has 0 spiro atoms. The number of rotatable bonds is 3. The number of hydrogen-bond acceptors (Lipinski definition) is 2. The van der Waals surface area contributed by atoms with E-state index in [1.54, 1.807) is 0 Å². The van der Waals surface area contributed by atoms with Gasteiger partial charge < -0.3 is 5.32 Å². The molecule has 1 aliphatic heterocycles. The molecule has 1 N–H and O–H groups in total. The van der Waals surface area contributed by atoms with Gasteiger partial charge in [-0.2, -0.15) is 11.8 Å². The fourth-order valence-electron chi connectivity index (χ4n) is 2.12. The maximum Gasteiger partial charge on any atom is 0.0414 e. The van der Waals surface area contributed by atoms with Gasteiger partial charge in [0.1, 0.15) is 0 Å². The number of hydrogen-bond donors (Lipinski definition) is 1. The Morgan fingerprint density at radius 1 is 1.38 bits per heavy atom. The van der Waals surface area contributed by atoms with E-state index in [1.165, 1.54) is 29.1 Å². The van der Waals surface area contributed by atoms with Crippen molar-refractivity contribution in [1.29, 1.82) is 0 Å². The van der Waals surface area contributed by atoms with Crippen LogP contribution in [-0.2, 0) is 6.42 Å². The van der Waals surface area contributed by atoms with Crippen molar-refractivity contribution in [3.05, 3.63) is 35.4 Å². The lowest BCUT2D eigenvalue weighted by atomic mass is 9.99. The fourth-order valence-corrected chi connectivity index (χ4v) is 3.19. The molecule has 1 atom stereocenters. The molecule has 2 heteroatoms. The zero-order valence-electron chi connectivity index (χ0n) is 10.2. The highest BCUT2D eigenvalue weighted by molar-refractivity contribution is 7.99. The molecule has 0 aromatic heterocycles. The van der Waals surface area contributed by atoms with Crippen LogP contribution in [-0.4, -0.2) is 18.1 Å². The quantitative estimate of drug-likeness (QED) is 0.863. The zero-order chi connectivity index (χ0) is 11.4. The number of benzene rings is 1. The molecule has 1 aromatic carbocycles. The van der Waals surface area contributed by atoms with E-state index in [0.29, 0.717) is 6.04 Å². The minimum absolute atomic E-state index is 0.547. The van der Waals surface area contributed by atoms with Crippen LogP contribution in [0.5, 0.6) is 0 Å². The average Bonchev–Trinajstić information content (AvgIpc) is 2.48. The molecule has 1 aromatic rings. The molecule has 16 heavy (non-hydrogen) atoms. The van der Waals surface area contributed by atoms with E-state index in [-0.39, 0.29) is 0 Å². The predicted octanol–water partition coefficient (Wildman–Crippen LogP) is 3.26. The normalized spacial score (nSPS) is 20.6. The van der Waals surface area contributed by atoms with Crippen LogP contribution < -0.4 is 5.32 Å². The minimum Gasteiger partial charge on any atom is -0.309 e. The smallest absolute Gasteiger partial charge is 0.0414 e. The summed E-state index contributed by atoms with van der Waals surface area (Å²) in [6.07, 6.45) is 1.22. The van der Waals surface area contributed by atoms with Gasteiger partial charge in [0.15, 0.2) is 0 Å². The maximum atomic E-state index is 3.70. The highest BCUT2D eigenvalue weighted by atomic mass is 32.2. The van der Waals surface area contributed by atoms with Gasteiger partial charge in [0, 0.05) is 11.8 Å². The molecule has 0 saturated heterocycles. The lowest BCUT2D eigenvalue weighted by Gasteiger charge is -2.20. The molecule has 2 rings (SSSR count). The molecule has 0 amide bonds. The van der Waals surface area contributed by atoms with Crippen molar-refractivity contribution >= 4 is 11.8 Å². The van der Waals surface area contributed by atoms with Crippen molar-refractivity contribution in [3.63, 3.8) is 0 Å². The Bertz CT molecular complexity index is 335. The number of thioether (sulfide) groups is 1. The SMILES string of the molecule is CC(C)CNC1CSCCc2ccccc21. The topological polar surface area (TPSA) is 12.0 Å². The molecule has 0 bridgehead atoms. The molecule has 0 radical (unpaired) electrons. The first-order valence-corrected chi connectivity index (χ1v) is 7.32. The standard InChI is InChI=1S/C14H21NS/c1-11(2)9-15-14-10-16-8-7-12-5-3-4-6-13(12)14/h3-6,11,14-15H,7-10H2,1-2H3. The summed E-state index contributed by atoms with van der Waals surface area (Å²) in [4.78, 5) is 0. The Morgan fingerprint density at radius 2 is 2.19 bits per heavy atom. The summed E-state index contributed by atoms with van der Waals surface area (Å²) in [6.45, 7) is 5.64. The third kappa shape index (κ3) is 3.02. The largest absolute Gasteiger partial charge is 0.309 e. The summed E-state index contributed by atoms with van der Waals surface area (Å²) < 4.78 is 0. The number of fused-ring (bicyclic) bond motifs is 1. The maximum absolute atomic E-state index is 3.70. The molecule has 0 saturated carbocycles. The van der Waals surface area contributed by atoms with Crippen LogP contribution in [0.15, 0.2) is 24.3 Å². The Labute approximate surface area is 103 Å². The van der Waals surface area contributed by atoms with Gasteiger partial charge in [-0.05, 0) is 35.8 Å². The molecule has 88 valence electrons. The monoisotopic (exact) mass is 235 g/mol. The van der Waals surface area contributed by atoms with E-state index < -0.39 is 0 Å². The second-order valence-corrected chi connectivity index (χ2v) is 6.03. The van der Waals surface area contributed by atoms with E-state index >= 15 is 0 Å². The third-order valence-corrected chi connectivity index (χ3v) is 4.07. The van der Waals surface area contributed by atoms with Crippen molar-refractivity contribution in [3.8, 4) is 0 Å². The van der Waals surface area contributed by atoms with Crippen molar-refractivity contribution < 1.29 is 0 Å². The van der Waals surface area contributed by atoms with Gasteiger partial charge in [-0.25, -0.2) is 0 Å². The van der Waals surface area contributed by atoms with Crippen LogP contribution in [0.1, 0.15) is 31.0 Å². The van der Waals surface area contributed by atoms with Gasteiger partial charge in [-0.15, -0.1) is 0 Å². The van der Waals surface area contributed by atoms with Gasteiger partial charge >= 0.3 is 0 Å². The molecule has 1 nitrogen and oxygen atoms in total. The summed E-state index contributed by atoms with van der Waals surface area (Å²) in [5.74, 6) is 3.20. The molecule has 1 unspecified atom stereocenters. The van der Waals surface area contributed by atoms with E-state index in [0.717, 1.165) is 12.5 Å². The predicted molar refractivity (Wildman–Crippen MR) is 73.1 cm³/mol. The Hall–Kier alpha value is -0.470. The van der Waals surface area contributed by atoms with Crippen LogP contribution in [0, 0.1) is 5.92 Å². The van der Waals surface area contributed by atoms with Crippen LogP contribution in [0.4, 0.5) is 0 Å². The summed E-state index contributed by atoms with van der Waals surface area (Å²) in [6, 6.07) is 9.45. The van der Waals surface area contributed by atoms with Gasteiger partial charge in [0.25, 0.3) is 0 Å². The molecule has 1 aliphatic rings. The minimum atomic E-state index is 0.547. The van der Waals surface area contributed by atoms with Crippen molar-refractivity contribution in [2.24, 2.45) is 5.92 Å². The first-order valence-electron chi connectivity index (χ1n) is 6.16. The highest BCUT2D eigenvalue weighted by Gasteiger charge is 2.17. The van der Waals surface area contributed by atoms with Crippen LogP contribution in [0.25, 0.3) is 0 Å². The zero-order valence-corrected chi connectivity index (χ0v) is 11.0. The van der Waals surface area contributed by atoms with Gasteiger partial charge in [0.2, 0.25) is 0 Å². The first kappa shape index (κ1) is 12.0. The first-order chi connectivity index (χ1) is 7.77. The second kappa shape index (κ2) is 5.74. The Kier molecular flexibility index (Phi) is 4.30. The van der Waals surface area contributed by atoms with Crippen LogP contribution >= 0.6 is 11.8 Å². The average molecular weight is 235 g/mol. The summed E-state index contributed by atoms with van der Waals surface area (Å²) in [7, 11) is 0. The molecular weight excluding hydrogens is 214 g/mol. The van der Waals surface area contributed by atoms with Crippen LogP contribution in [0.2, 0.25) is 0 Å². The van der Waals surface area contributed by atoms with E-state index in [1.807, 2.05) is 0 Å². The number of aryl methyl sites for hydroxylation is 1. The Balaban J connectivity index is 2.12. The molecule has 0 fully saturated rings. The molecular formula is C14H21NS. The van der Waals surface area contributed by atoms with Gasteiger partial charge in [0.05, 0.1) is 0 Å². The fraction of sp³-hybridized carbons (Fsp3) is 0.571. The summed E-state index contributed by atoms with van der Waals surface area (Å²) >= 11 is 2.07.